The highest BCUT2D eigenvalue weighted by Gasteiger charge is 2.44. The molecule has 4 nitrogen and oxygen atoms in total. The van der Waals surface area contributed by atoms with Crippen LogP contribution in [-0.4, -0.2) is 29.9 Å². The molecular weight excluding hydrogens is 467 g/mol. The van der Waals surface area contributed by atoms with Crippen LogP contribution in [-0.2, 0) is 17.8 Å². The first-order chi connectivity index (χ1) is 17.3. The van der Waals surface area contributed by atoms with Crippen molar-refractivity contribution in [3.8, 4) is 5.75 Å². The third-order valence-electron chi connectivity index (χ3n) is 7.99. The molecule has 0 amide bonds. The second-order valence-corrected chi connectivity index (χ2v) is 10.2. The number of hydrogen-bond donors (Lipinski definition) is 0. The molecule has 0 unspecified atom stereocenters. The molecule has 4 rings (SSSR count). The molecule has 2 fully saturated rings. The monoisotopic (exact) mass is 503 g/mol. The highest BCUT2D eigenvalue weighted by molar-refractivity contribution is 5.89. The molecule has 2 aliphatic rings. The van der Waals surface area contributed by atoms with Gasteiger partial charge < -0.3 is 9.47 Å². The van der Waals surface area contributed by atoms with Crippen molar-refractivity contribution >= 4 is 5.97 Å². The largest absolute Gasteiger partial charge is 0.573 e. The Morgan fingerprint density at radius 3 is 1.92 bits per heavy atom. The Hall–Kier alpha value is -2.54. The standard InChI is InChI=1S/C29H36F3NO3/c1-35-27(34)24-14-10-22(11-15-24)20-33(21-23-12-16-26(17-13-23)36-29(30,31)32)28(18-6-3-7-19-28)25-8-4-2-5-9-25/h10-17,25H,2-9,18-21H2,1H3. The van der Waals surface area contributed by atoms with Crippen LogP contribution in [0.2, 0.25) is 0 Å². The highest BCUT2D eigenvalue weighted by Crippen LogP contribution is 2.46. The molecule has 0 spiro atoms. The Balaban J connectivity index is 1.62. The van der Waals surface area contributed by atoms with Crippen LogP contribution < -0.4 is 4.74 Å². The van der Waals surface area contributed by atoms with Gasteiger partial charge in [-0.3, -0.25) is 4.90 Å². The molecule has 2 aromatic carbocycles. The summed E-state index contributed by atoms with van der Waals surface area (Å²) in [6.45, 7) is 1.38. The van der Waals surface area contributed by atoms with Crippen molar-refractivity contribution < 1.29 is 27.4 Å². The predicted molar refractivity (Wildman–Crippen MR) is 133 cm³/mol. The van der Waals surface area contributed by atoms with Gasteiger partial charge in [-0.05, 0) is 67.0 Å². The fourth-order valence-electron chi connectivity index (χ4n) is 6.26. The molecule has 2 saturated carbocycles. The van der Waals surface area contributed by atoms with Crippen molar-refractivity contribution in [2.75, 3.05) is 7.11 Å². The number of nitrogens with zero attached hydrogens (tertiary/aromatic N) is 1. The number of rotatable bonds is 8. The van der Waals surface area contributed by atoms with E-state index in [0.29, 0.717) is 18.0 Å². The molecule has 0 N–H and O–H groups in total. The second kappa shape index (κ2) is 11.7. The summed E-state index contributed by atoms with van der Waals surface area (Å²) in [6.07, 6.45) is 7.53. The normalized spacial score (nSPS) is 18.7. The van der Waals surface area contributed by atoms with E-state index in [1.54, 1.807) is 24.3 Å². The average molecular weight is 504 g/mol. The first-order valence-corrected chi connectivity index (χ1v) is 13.1. The molecule has 0 atom stereocenters. The van der Waals surface area contributed by atoms with Crippen LogP contribution in [0.1, 0.15) is 85.7 Å². The van der Waals surface area contributed by atoms with E-state index >= 15 is 0 Å². The van der Waals surface area contributed by atoms with Crippen LogP contribution in [0.4, 0.5) is 13.2 Å². The van der Waals surface area contributed by atoms with Crippen molar-refractivity contribution in [1.29, 1.82) is 0 Å². The van der Waals surface area contributed by atoms with Gasteiger partial charge in [0, 0.05) is 18.6 Å². The SMILES string of the molecule is COC(=O)c1ccc(CN(Cc2ccc(OC(F)(F)F)cc2)C2(C3CCCCC3)CCCCC2)cc1. The number of alkyl halides is 3. The molecule has 2 aliphatic carbocycles. The maximum absolute atomic E-state index is 12.6. The maximum Gasteiger partial charge on any atom is 0.573 e. The van der Waals surface area contributed by atoms with Gasteiger partial charge >= 0.3 is 12.3 Å². The minimum atomic E-state index is -4.70. The maximum atomic E-state index is 12.6. The zero-order valence-corrected chi connectivity index (χ0v) is 21.0. The van der Waals surface area contributed by atoms with Gasteiger partial charge in [-0.1, -0.05) is 62.8 Å². The van der Waals surface area contributed by atoms with Crippen molar-refractivity contribution in [3.63, 3.8) is 0 Å². The molecular formula is C29H36F3NO3. The van der Waals surface area contributed by atoms with Crippen molar-refractivity contribution in [2.45, 2.75) is 89.2 Å². The number of benzene rings is 2. The molecule has 0 radical (unpaired) electrons. The van der Waals surface area contributed by atoms with E-state index in [1.807, 2.05) is 12.1 Å². The van der Waals surface area contributed by atoms with Crippen molar-refractivity contribution in [3.05, 3.63) is 65.2 Å². The number of carbonyl (C=O) groups is 1. The molecule has 7 heteroatoms. The average Bonchev–Trinajstić information content (AvgIpc) is 2.89. The van der Waals surface area contributed by atoms with Crippen LogP contribution in [0.25, 0.3) is 0 Å². The van der Waals surface area contributed by atoms with Gasteiger partial charge in [0.1, 0.15) is 5.75 Å². The molecule has 0 saturated heterocycles. The third-order valence-corrected chi connectivity index (χ3v) is 7.99. The predicted octanol–water partition coefficient (Wildman–Crippen LogP) is 7.66. The first kappa shape index (κ1) is 26.5. The number of halogens is 3. The lowest BCUT2D eigenvalue weighted by Crippen LogP contribution is -2.54. The van der Waals surface area contributed by atoms with Crippen molar-refractivity contribution in [1.82, 2.24) is 4.90 Å². The topological polar surface area (TPSA) is 38.8 Å². The van der Waals surface area contributed by atoms with E-state index in [0.717, 1.165) is 30.5 Å². The summed E-state index contributed by atoms with van der Waals surface area (Å²) in [5.41, 5.74) is 2.67. The third kappa shape index (κ3) is 6.61. The minimum Gasteiger partial charge on any atom is -0.465 e. The van der Waals surface area contributed by atoms with Gasteiger partial charge in [0.25, 0.3) is 0 Å². The fraction of sp³-hybridized carbons (Fsp3) is 0.552. The molecule has 0 heterocycles. The van der Waals surface area contributed by atoms with E-state index in [4.69, 9.17) is 4.74 Å². The van der Waals surface area contributed by atoms with E-state index < -0.39 is 6.36 Å². The molecule has 0 bridgehead atoms. The molecule has 2 aromatic rings. The molecule has 0 aromatic heterocycles. The lowest BCUT2D eigenvalue weighted by Gasteiger charge is -2.53. The zero-order chi connectivity index (χ0) is 25.6. The van der Waals surface area contributed by atoms with E-state index in [2.05, 4.69) is 9.64 Å². The zero-order valence-electron chi connectivity index (χ0n) is 21.0. The van der Waals surface area contributed by atoms with Gasteiger partial charge in [0.2, 0.25) is 0 Å². The Labute approximate surface area is 211 Å². The smallest absolute Gasteiger partial charge is 0.465 e. The van der Waals surface area contributed by atoms with Gasteiger partial charge in [-0.2, -0.15) is 0 Å². The van der Waals surface area contributed by atoms with Gasteiger partial charge in [0.15, 0.2) is 0 Å². The van der Waals surface area contributed by atoms with Gasteiger partial charge in [-0.15, -0.1) is 13.2 Å². The summed E-state index contributed by atoms with van der Waals surface area (Å²) in [5.74, 6) is 0.0649. The van der Waals surface area contributed by atoms with Crippen molar-refractivity contribution in [2.24, 2.45) is 5.92 Å². The fourth-order valence-corrected chi connectivity index (χ4v) is 6.26. The minimum absolute atomic E-state index is 0.0703. The number of carbonyl (C=O) groups excluding carboxylic acids is 1. The van der Waals surface area contributed by atoms with Crippen LogP contribution >= 0.6 is 0 Å². The summed E-state index contributed by atoms with van der Waals surface area (Å²) >= 11 is 0. The first-order valence-electron chi connectivity index (χ1n) is 13.1. The van der Waals surface area contributed by atoms with Gasteiger partial charge in [0.05, 0.1) is 12.7 Å². The Kier molecular flexibility index (Phi) is 8.60. The molecule has 36 heavy (non-hydrogen) atoms. The van der Waals surface area contributed by atoms with Crippen LogP contribution in [0.15, 0.2) is 48.5 Å². The van der Waals surface area contributed by atoms with Crippen LogP contribution in [0.5, 0.6) is 5.75 Å². The van der Waals surface area contributed by atoms with Crippen LogP contribution in [0, 0.1) is 5.92 Å². The van der Waals surface area contributed by atoms with E-state index in [1.165, 1.54) is 70.6 Å². The highest BCUT2D eigenvalue weighted by atomic mass is 19.4. The van der Waals surface area contributed by atoms with E-state index in [-0.39, 0.29) is 17.3 Å². The number of ether oxygens (including phenoxy) is 2. The summed E-state index contributed by atoms with van der Waals surface area (Å²) in [5, 5.41) is 0. The number of hydrogen-bond acceptors (Lipinski definition) is 4. The summed E-state index contributed by atoms with van der Waals surface area (Å²) < 4.78 is 46.8. The lowest BCUT2D eigenvalue weighted by molar-refractivity contribution is -0.274. The second-order valence-electron chi connectivity index (χ2n) is 10.2. The molecule has 0 aliphatic heterocycles. The number of esters is 1. The lowest BCUT2D eigenvalue weighted by atomic mass is 9.66. The Bertz CT molecular complexity index is 976. The quantitative estimate of drug-likeness (QED) is 0.347. The van der Waals surface area contributed by atoms with E-state index in [9.17, 15) is 18.0 Å². The summed E-state index contributed by atoms with van der Waals surface area (Å²) in [6, 6.07) is 13.9. The summed E-state index contributed by atoms with van der Waals surface area (Å²) in [7, 11) is 1.38. The molecule has 196 valence electrons. The Morgan fingerprint density at radius 2 is 1.39 bits per heavy atom. The van der Waals surface area contributed by atoms with Gasteiger partial charge in [-0.25, -0.2) is 4.79 Å². The summed E-state index contributed by atoms with van der Waals surface area (Å²) in [4.78, 5) is 14.5. The van der Waals surface area contributed by atoms with Crippen LogP contribution in [0.3, 0.4) is 0 Å². The Morgan fingerprint density at radius 1 is 0.861 bits per heavy atom. The number of methoxy groups -OCH3 is 1.